The Labute approximate surface area is 103 Å². The summed E-state index contributed by atoms with van der Waals surface area (Å²) in [4.78, 5) is 6.63. The Kier molecular flexibility index (Phi) is 4.62. The zero-order chi connectivity index (χ0) is 12.1. The number of ether oxygens (including phenoxy) is 2. The number of hydrogen-bond acceptors (Lipinski definition) is 3. The van der Waals surface area contributed by atoms with Crippen LogP contribution >= 0.6 is 0 Å². The normalized spacial score (nSPS) is 26.8. The van der Waals surface area contributed by atoms with Crippen LogP contribution in [0.4, 0.5) is 0 Å². The zero-order valence-corrected chi connectivity index (χ0v) is 10.8. The van der Waals surface area contributed by atoms with Crippen molar-refractivity contribution >= 4 is 5.96 Å². The lowest BCUT2D eigenvalue weighted by atomic mass is 9.93. The molecular formula is C12H23N3O2. The summed E-state index contributed by atoms with van der Waals surface area (Å²) in [6.45, 7) is 3.17. The first-order valence-corrected chi connectivity index (χ1v) is 6.42. The molecule has 2 fully saturated rings. The summed E-state index contributed by atoms with van der Waals surface area (Å²) < 4.78 is 10.8. The van der Waals surface area contributed by atoms with Crippen molar-refractivity contribution in [3.05, 3.63) is 0 Å². The highest BCUT2D eigenvalue weighted by atomic mass is 16.5. The highest BCUT2D eigenvalue weighted by molar-refractivity contribution is 5.80. The van der Waals surface area contributed by atoms with Crippen molar-refractivity contribution in [2.24, 2.45) is 4.99 Å². The van der Waals surface area contributed by atoms with Crippen molar-refractivity contribution in [2.75, 3.05) is 40.5 Å². The molecule has 0 aromatic rings. The highest BCUT2D eigenvalue weighted by Crippen LogP contribution is 2.18. The number of methoxy groups -OCH3 is 1. The average Bonchev–Trinajstić information content (AvgIpc) is 2.29. The summed E-state index contributed by atoms with van der Waals surface area (Å²) in [6.07, 6.45) is 4.04. The van der Waals surface area contributed by atoms with Crippen LogP contribution in [0.5, 0.6) is 0 Å². The van der Waals surface area contributed by atoms with Gasteiger partial charge >= 0.3 is 0 Å². The Bertz CT molecular complexity index is 264. The molecule has 2 aliphatic rings. The molecule has 1 atom stereocenters. The maximum atomic E-state index is 5.64. The highest BCUT2D eigenvalue weighted by Gasteiger charge is 2.25. The Hall–Kier alpha value is -0.810. The predicted octanol–water partition coefficient (Wildman–Crippen LogP) is 0.462. The molecule has 1 saturated carbocycles. The molecule has 1 saturated heterocycles. The van der Waals surface area contributed by atoms with Gasteiger partial charge in [-0.15, -0.1) is 0 Å². The molecule has 0 spiro atoms. The molecule has 1 aliphatic heterocycles. The summed E-state index contributed by atoms with van der Waals surface area (Å²) in [6, 6.07) is 0.623. The molecule has 0 radical (unpaired) electrons. The van der Waals surface area contributed by atoms with Crippen LogP contribution < -0.4 is 5.32 Å². The van der Waals surface area contributed by atoms with Crippen molar-refractivity contribution in [1.29, 1.82) is 0 Å². The monoisotopic (exact) mass is 241 g/mol. The lowest BCUT2D eigenvalue weighted by Gasteiger charge is -2.37. The number of aliphatic imine (C=N–C) groups is 1. The summed E-state index contributed by atoms with van der Waals surface area (Å²) in [5.74, 6) is 1.01. The molecule has 1 unspecified atom stereocenters. The van der Waals surface area contributed by atoms with Gasteiger partial charge in [0.15, 0.2) is 5.96 Å². The zero-order valence-electron chi connectivity index (χ0n) is 10.8. The van der Waals surface area contributed by atoms with Gasteiger partial charge in [0.2, 0.25) is 0 Å². The third-order valence-corrected chi connectivity index (χ3v) is 3.44. The molecule has 1 N–H and O–H groups in total. The summed E-state index contributed by atoms with van der Waals surface area (Å²) in [5.41, 5.74) is 0. The first-order chi connectivity index (χ1) is 8.33. The van der Waals surface area contributed by atoms with Crippen LogP contribution in [0.2, 0.25) is 0 Å². The summed E-state index contributed by atoms with van der Waals surface area (Å²) in [7, 11) is 3.56. The van der Waals surface area contributed by atoms with Crippen LogP contribution in [-0.2, 0) is 9.47 Å². The van der Waals surface area contributed by atoms with E-state index in [9.17, 15) is 0 Å². The van der Waals surface area contributed by atoms with Gasteiger partial charge in [-0.3, -0.25) is 4.99 Å². The van der Waals surface area contributed by atoms with Gasteiger partial charge in [0.05, 0.1) is 19.3 Å². The molecule has 98 valence electrons. The second-order valence-corrected chi connectivity index (χ2v) is 4.71. The third kappa shape index (κ3) is 3.33. The number of guanidine groups is 1. The Morgan fingerprint density at radius 1 is 1.53 bits per heavy atom. The quantitative estimate of drug-likeness (QED) is 0.576. The summed E-state index contributed by atoms with van der Waals surface area (Å²) in [5, 5.41) is 3.52. The molecule has 5 heteroatoms. The van der Waals surface area contributed by atoms with E-state index < -0.39 is 0 Å². The second kappa shape index (κ2) is 6.21. The summed E-state index contributed by atoms with van der Waals surface area (Å²) >= 11 is 0. The van der Waals surface area contributed by atoms with Gasteiger partial charge in [0.1, 0.15) is 0 Å². The van der Waals surface area contributed by atoms with Crippen molar-refractivity contribution in [3.8, 4) is 0 Å². The van der Waals surface area contributed by atoms with Crippen molar-refractivity contribution in [2.45, 2.75) is 31.4 Å². The molecule has 0 aromatic carbocycles. The van der Waals surface area contributed by atoms with Crippen LogP contribution in [0.15, 0.2) is 4.99 Å². The van der Waals surface area contributed by atoms with Crippen LogP contribution in [0.25, 0.3) is 0 Å². The minimum Gasteiger partial charge on any atom is -0.382 e. The van der Waals surface area contributed by atoms with Gasteiger partial charge in [0.25, 0.3) is 0 Å². The van der Waals surface area contributed by atoms with Gasteiger partial charge in [-0.1, -0.05) is 0 Å². The molecule has 2 rings (SSSR count). The van der Waals surface area contributed by atoms with E-state index in [1.165, 1.54) is 19.3 Å². The van der Waals surface area contributed by atoms with E-state index in [4.69, 9.17) is 9.47 Å². The molecule has 0 bridgehead atoms. The number of rotatable bonds is 3. The van der Waals surface area contributed by atoms with E-state index >= 15 is 0 Å². The molecule has 0 amide bonds. The Morgan fingerprint density at radius 2 is 2.35 bits per heavy atom. The maximum Gasteiger partial charge on any atom is 0.194 e. The van der Waals surface area contributed by atoms with E-state index in [1.54, 1.807) is 7.11 Å². The molecule has 17 heavy (non-hydrogen) atoms. The lowest BCUT2D eigenvalue weighted by molar-refractivity contribution is -0.0449. The number of nitrogens with zero attached hydrogens (tertiary/aromatic N) is 2. The van der Waals surface area contributed by atoms with Crippen LogP contribution in [0.3, 0.4) is 0 Å². The molecule has 0 aromatic heterocycles. The van der Waals surface area contributed by atoms with E-state index in [0.717, 1.165) is 25.7 Å². The van der Waals surface area contributed by atoms with Crippen LogP contribution in [0, 0.1) is 0 Å². The van der Waals surface area contributed by atoms with Crippen molar-refractivity contribution in [3.63, 3.8) is 0 Å². The van der Waals surface area contributed by atoms with Crippen molar-refractivity contribution in [1.82, 2.24) is 10.2 Å². The fraction of sp³-hybridized carbons (Fsp3) is 0.917. The number of hydrogen-bond donors (Lipinski definition) is 1. The third-order valence-electron chi connectivity index (χ3n) is 3.44. The lowest BCUT2D eigenvalue weighted by Crippen LogP contribution is -2.54. The topological polar surface area (TPSA) is 46.1 Å². The van der Waals surface area contributed by atoms with Gasteiger partial charge in [-0.2, -0.15) is 0 Å². The van der Waals surface area contributed by atoms with Crippen LogP contribution in [0.1, 0.15) is 19.3 Å². The minimum atomic E-state index is 0.161. The predicted molar refractivity (Wildman–Crippen MR) is 67.3 cm³/mol. The standard InChI is InChI=1S/C12H23N3O2/c1-13-12(14-10-4-3-5-10)15-6-7-17-11(8-15)9-16-2/h10-11H,3-9H2,1-2H3,(H,13,14). The first kappa shape index (κ1) is 12.6. The number of morpholine rings is 1. The fourth-order valence-corrected chi connectivity index (χ4v) is 2.23. The fourth-order valence-electron chi connectivity index (χ4n) is 2.23. The molecule has 1 aliphatic carbocycles. The minimum absolute atomic E-state index is 0.161. The largest absolute Gasteiger partial charge is 0.382 e. The number of nitrogens with one attached hydrogen (secondary N) is 1. The van der Waals surface area contributed by atoms with E-state index in [-0.39, 0.29) is 6.10 Å². The maximum absolute atomic E-state index is 5.64. The van der Waals surface area contributed by atoms with Crippen molar-refractivity contribution < 1.29 is 9.47 Å². The molecule has 1 heterocycles. The SMILES string of the molecule is CN=C(NC1CCC1)N1CCOC(COC)C1. The van der Waals surface area contributed by atoms with E-state index in [0.29, 0.717) is 12.6 Å². The van der Waals surface area contributed by atoms with Gasteiger partial charge in [-0.25, -0.2) is 0 Å². The average molecular weight is 241 g/mol. The van der Waals surface area contributed by atoms with E-state index in [1.807, 2.05) is 7.05 Å². The van der Waals surface area contributed by atoms with Gasteiger partial charge < -0.3 is 19.7 Å². The smallest absolute Gasteiger partial charge is 0.194 e. The van der Waals surface area contributed by atoms with Crippen LogP contribution in [-0.4, -0.2) is 63.5 Å². The van der Waals surface area contributed by atoms with E-state index in [2.05, 4.69) is 15.2 Å². The van der Waals surface area contributed by atoms with Gasteiger partial charge in [0, 0.05) is 33.3 Å². The van der Waals surface area contributed by atoms with Gasteiger partial charge in [-0.05, 0) is 19.3 Å². The first-order valence-electron chi connectivity index (χ1n) is 6.42. The Morgan fingerprint density at radius 3 is 2.94 bits per heavy atom. The second-order valence-electron chi connectivity index (χ2n) is 4.71. The molecular weight excluding hydrogens is 218 g/mol. The Balaban J connectivity index is 1.85. The molecule has 5 nitrogen and oxygen atoms in total.